The van der Waals surface area contributed by atoms with Crippen molar-refractivity contribution in [1.82, 2.24) is 9.80 Å². The Labute approximate surface area is 192 Å². The van der Waals surface area contributed by atoms with Gasteiger partial charge in [0, 0.05) is 32.6 Å². The number of hydrogen-bond donors (Lipinski definition) is 4. The molecule has 0 unspecified atom stereocenters. The average Bonchev–Trinajstić information content (AvgIpc) is 2.22. The Hall–Kier alpha value is 0.423. The van der Waals surface area contributed by atoms with Crippen LogP contribution in [0.15, 0.2) is 0 Å². The molecule has 0 aromatic heterocycles. The van der Waals surface area contributed by atoms with Gasteiger partial charge in [0.05, 0.1) is 26.2 Å². The fraction of sp³-hybridized carbons (Fsp3) is 0.600. The smallest absolute Gasteiger partial charge is 1.00 e. The first-order chi connectivity index (χ1) is 9.20. The summed E-state index contributed by atoms with van der Waals surface area (Å²) in [7, 11) is 0. The van der Waals surface area contributed by atoms with E-state index < -0.39 is 50.1 Å². The summed E-state index contributed by atoms with van der Waals surface area (Å²) in [6.07, 6.45) is 0. The van der Waals surface area contributed by atoms with Gasteiger partial charge in [0.2, 0.25) is 0 Å². The molecule has 120 valence electrons. The summed E-state index contributed by atoms with van der Waals surface area (Å²) in [5, 5.41) is 34.5. The maximum atomic E-state index is 10.6. The van der Waals surface area contributed by atoms with E-state index in [1.165, 1.54) is 0 Å². The fourth-order valence-electron chi connectivity index (χ4n) is 1.48. The van der Waals surface area contributed by atoms with Crippen LogP contribution >= 0.6 is 0 Å². The van der Waals surface area contributed by atoms with Crippen molar-refractivity contribution in [3.63, 3.8) is 0 Å². The predicted octanol–water partition coefficient (Wildman–Crippen LogP) is -7.84. The molecule has 0 saturated carbocycles. The number of rotatable bonds is 11. The molecule has 0 bridgehead atoms. The van der Waals surface area contributed by atoms with Gasteiger partial charge in [0.15, 0.2) is 0 Å². The molecule has 0 spiro atoms. The zero-order chi connectivity index (χ0) is 15.7. The molecule has 13 heteroatoms. The van der Waals surface area contributed by atoms with Crippen molar-refractivity contribution in [2.45, 2.75) is 0 Å². The Morgan fingerprint density at radius 2 is 0.783 bits per heavy atom. The first kappa shape index (κ1) is 31.2. The van der Waals surface area contributed by atoms with Gasteiger partial charge in [-0.05, 0) is 0 Å². The van der Waals surface area contributed by atoms with E-state index in [1.54, 1.807) is 0 Å². The van der Waals surface area contributed by atoms with Crippen LogP contribution in [0.3, 0.4) is 0 Å². The first-order valence-corrected chi connectivity index (χ1v) is 5.52. The van der Waals surface area contributed by atoms with Crippen molar-refractivity contribution in [2.75, 3.05) is 39.3 Å². The molecule has 10 nitrogen and oxygen atoms in total. The van der Waals surface area contributed by atoms with Crippen molar-refractivity contribution in [1.29, 1.82) is 0 Å². The van der Waals surface area contributed by atoms with Crippen LogP contribution in [0.25, 0.3) is 0 Å². The van der Waals surface area contributed by atoms with Gasteiger partial charge >= 0.3 is 83.0 Å². The van der Waals surface area contributed by atoms with Crippen molar-refractivity contribution in [3.05, 3.63) is 0 Å². The summed E-state index contributed by atoms with van der Waals surface area (Å²) in [6.45, 7) is -2.25. The number of nitrogens with zero attached hydrogens (tertiary/aromatic N) is 2. The first-order valence-electron chi connectivity index (χ1n) is 5.52. The molecule has 0 radical (unpaired) electrons. The Kier molecular flexibility index (Phi) is 23.4. The number of hydrogen-bond acceptors (Lipinski definition) is 6. The summed E-state index contributed by atoms with van der Waals surface area (Å²) in [5.41, 5.74) is 0. The quantitative estimate of drug-likeness (QED) is 0.243. The molecule has 0 aliphatic rings. The molecule has 0 aliphatic carbocycles. The second kappa shape index (κ2) is 17.3. The van der Waals surface area contributed by atoms with Crippen LogP contribution in [0, 0.1) is 0 Å². The Bertz CT molecular complexity index is 341. The SMILES string of the molecule is O=C(O)CN(CCN(CC(=O)O)CC(=O)O)CC(=O)O.[H-].[H-].[Na+].[Na+].[Zn]. The van der Waals surface area contributed by atoms with E-state index in [9.17, 15) is 19.2 Å². The third-order valence-corrected chi connectivity index (χ3v) is 2.17. The van der Waals surface area contributed by atoms with Gasteiger partial charge in [0.25, 0.3) is 0 Å². The number of carboxylic acids is 4. The van der Waals surface area contributed by atoms with Crippen molar-refractivity contribution in [3.8, 4) is 0 Å². The minimum atomic E-state index is -1.23. The molecule has 0 atom stereocenters. The second-order valence-corrected chi connectivity index (χ2v) is 4.00. The normalized spacial score (nSPS) is 9.30. The van der Waals surface area contributed by atoms with Crippen LogP contribution in [-0.4, -0.2) is 93.4 Å². The van der Waals surface area contributed by atoms with Crippen molar-refractivity contribution in [2.24, 2.45) is 0 Å². The topological polar surface area (TPSA) is 156 Å². The zero-order valence-electron chi connectivity index (χ0n) is 15.3. The average molecular weight is 406 g/mol. The number of carbonyl (C=O) groups is 4. The summed E-state index contributed by atoms with van der Waals surface area (Å²) in [5.74, 6) is -4.91. The van der Waals surface area contributed by atoms with Gasteiger partial charge in [-0.25, -0.2) is 0 Å². The standard InChI is InChI=1S/C10H16N2O8.2Na.Zn.2H/c13-7(14)3-11(4-8(15)16)1-2-12(5-9(17)18)6-10(19)20;;;;;/h1-6H2,(H,13,14)(H,15,16)(H,17,18)(H,19,20);;;;;/q;2*+1;;2*-1. The third-order valence-electron chi connectivity index (χ3n) is 2.17. The summed E-state index contributed by atoms with van der Waals surface area (Å²) in [4.78, 5) is 44.4. The Morgan fingerprint density at radius 1 is 0.609 bits per heavy atom. The Morgan fingerprint density at radius 3 is 0.913 bits per heavy atom. The third kappa shape index (κ3) is 20.4. The Balaban J connectivity index is -0.000000180. The van der Waals surface area contributed by atoms with E-state index >= 15 is 0 Å². The number of aliphatic carboxylic acids is 4. The van der Waals surface area contributed by atoms with Crippen LogP contribution in [0.5, 0.6) is 0 Å². The van der Waals surface area contributed by atoms with E-state index in [-0.39, 0.29) is 94.5 Å². The molecule has 0 amide bonds. The van der Waals surface area contributed by atoms with Gasteiger partial charge in [-0.2, -0.15) is 0 Å². The predicted molar refractivity (Wildman–Crippen MR) is 65.6 cm³/mol. The van der Waals surface area contributed by atoms with E-state index in [0.29, 0.717) is 0 Å². The maximum Gasteiger partial charge on any atom is 1.00 e. The van der Waals surface area contributed by atoms with E-state index in [0.717, 1.165) is 9.80 Å². The molecule has 0 heterocycles. The van der Waals surface area contributed by atoms with Crippen molar-refractivity contribution < 1.29 is 121 Å². The van der Waals surface area contributed by atoms with Gasteiger partial charge in [-0.1, -0.05) is 0 Å². The molecular weight excluding hydrogens is 387 g/mol. The minimum absolute atomic E-state index is 0. The van der Waals surface area contributed by atoms with Gasteiger partial charge in [0.1, 0.15) is 0 Å². The molecule has 0 rings (SSSR count). The summed E-state index contributed by atoms with van der Waals surface area (Å²) in [6, 6.07) is 0. The molecule has 0 aromatic rings. The van der Waals surface area contributed by atoms with Gasteiger partial charge in [-0.15, -0.1) is 0 Å². The molecule has 0 aliphatic heterocycles. The largest absolute Gasteiger partial charge is 1.00 e. The van der Waals surface area contributed by atoms with Crippen LogP contribution in [-0.2, 0) is 38.7 Å². The maximum absolute atomic E-state index is 10.6. The molecule has 0 saturated heterocycles. The van der Waals surface area contributed by atoms with Crippen LogP contribution in [0.4, 0.5) is 0 Å². The van der Waals surface area contributed by atoms with Crippen LogP contribution in [0.1, 0.15) is 2.85 Å². The van der Waals surface area contributed by atoms with Crippen LogP contribution < -0.4 is 59.1 Å². The minimum Gasteiger partial charge on any atom is -1.00 e. The fourth-order valence-corrected chi connectivity index (χ4v) is 1.48. The van der Waals surface area contributed by atoms with Gasteiger partial charge in [-0.3, -0.25) is 29.0 Å². The van der Waals surface area contributed by atoms with E-state index in [1.807, 2.05) is 0 Å². The van der Waals surface area contributed by atoms with Gasteiger partial charge < -0.3 is 23.3 Å². The van der Waals surface area contributed by atoms with Crippen LogP contribution in [0.2, 0.25) is 0 Å². The molecule has 0 aromatic carbocycles. The molecule has 23 heavy (non-hydrogen) atoms. The number of carboxylic acid groups (broad SMARTS) is 4. The molecular formula is C10H18N2Na2O8Zn. The summed E-state index contributed by atoms with van der Waals surface area (Å²) >= 11 is 0. The monoisotopic (exact) mass is 404 g/mol. The van der Waals surface area contributed by atoms with E-state index in [2.05, 4.69) is 0 Å². The van der Waals surface area contributed by atoms with Crippen molar-refractivity contribution >= 4 is 23.9 Å². The molecule has 4 N–H and O–H groups in total. The second-order valence-electron chi connectivity index (χ2n) is 4.00. The zero-order valence-corrected chi connectivity index (χ0v) is 20.2. The van der Waals surface area contributed by atoms with E-state index in [4.69, 9.17) is 20.4 Å². The molecule has 0 fully saturated rings. The summed E-state index contributed by atoms with van der Waals surface area (Å²) < 4.78 is 0.